The number of piperazine rings is 1. The number of nitrogens with zero attached hydrogens (tertiary/aromatic N) is 2. The van der Waals surface area contributed by atoms with Gasteiger partial charge in [0.25, 0.3) is 0 Å². The molecule has 0 N–H and O–H groups in total. The first-order valence-electron chi connectivity index (χ1n) is 8.26. The number of anilines is 1. The van der Waals surface area contributed by atoms with Crippen LogP contribution in [0.4, 0.5) is 5.69 Å². The van der Waals surface area contributed by atoms with Crippen LogP contribution in [0.5, 0.6) is 0 Å². The Hall–Kier alpha value is -0.980. The third-order valence-electron chi connectivity index (χ3n) is 4.45. The number of hydrogen-bond donors (Lipinski definition) is 0. The molecule has 140 valence electrons. The summed E-state index contributed by atoms with van der Waals surface area (Å²) in [6.45, 7) is 3.72. The number of rotatable bonds is 5. The van der Waals surface area contributed by atoms with Crippen molar-refractivity contribution in [3.05, 3.63) is 57.5 Å². The maximum absolute atomic E-state index is 12.6. The standard InChI is InChI=1S/C18H19Cl3N2O2S/c19-14-2-1-3-16(12-14)23-8-6-22(7-9-23)10-11-26(24,25)18-13-15(20)4-5-17(18)21/h1-5,12-13H,6-11H2. The molecule has 0 aliphatic carbocycles. The van der Waals surface area contributed by atoms with Crippen molar-refractivity contribution >= 4 is 50.3 Å². The number of sulfone groups is 1. The van der Waals surface area contributed by atoms with Gasteiger partial charge in [-0.05, 0) is 36.4 Å². The fraction of sp³-hybridized carbons (Fsp3) is 0.333. The molecule has 0 saturated carbocycles. The Labute approximate surface area is 169 Å². The van der Waals surface area contributed by atoms with E-state index >= 15 is 0 Å². The van der Waals surface area contributed by atoms with E-state index in [1.165, 1.54) is 12.1 Å². The summed E-state index contributed by atoms with van der Waals surface area (Å²) < 4.78 is 25.2. The van der Waals surface area contributed by atoms with Gasteiger partial charge in [0.2, 0.25) is 0 Å². The second-order valence-corrected chi connectivity index (χ2v) is 9.56. The molecule has 0 radical (unpaired) electrons. The molecule has 2 aromatic carbocycles. The van der Waals surface area contributed by atoms with Crippen LogP contribution < -0.4 is 4.90 Å². The van der Waals surface area contributed by atoms with Gasteiger partial charge in [0, 0.05) is 48.5 Å². The van der Waals surface area contributed by atoms with Gasteiger partial charge in [0.15, 0.2) is 9.84 Å². The Bertz CT molecular complexity index is 882. The summed E-state index contributed by atoms with van der Waals surface area (Å²) >= 11 is 18.0. The summed E-state index contributed by atoms with van der Waals surface area (Å²) in [4.78, 5) is 4.51. The van der Waals surface area contributed by atoms with E-state index in [-0.39, 0.29) is 15.7 Å². The minimum absolute atomic E-state index is 0.0181. The van der Waals surface area contributed by atoms with Gasteiger partial charge in [-0.1, -0.05) is 40.9 Å². The lowest BCUT2D eigenvalue weighted by atomic mass is 10.2. The first-order valence-corrected chi connectivity index (χ1v) is 11.0. The van der Waals surface area contributed by atoms with E-state index in [1.807, 2.05) is 24.3 Å². The molecule has 1 fully saturated rings. The quantitative estimate of drug-likeness (QED) is 0.707. The van der Waals surface area contributed by atoms with Gasteiger partial charge < -0.3 is 4.90 Å². The highest BCUT2D eigenvalue weighted by Crippen LogP contribution is 2.26. The third-order valence-corrected chi connectivity index (χ3v) is 7.09. The van der Waals surface area contributed by atoms with Gasteiger partial charge in [-0.15, -0.1) is 0 Å². The van der Waals surface area contributed by atoms with Crippen LogP contribution in [-0.2, 0) is 9.84 Å². The van der Waals surface area contributed by atoms with Crippen LogP contribution in [0, 0.1) is 0 Å². The molecule has 1 aliphatic rings. The van der Waals surface area contributed by atoms with E-state index in [0.717, 1.165) is 36.9 Å². The molecule has 26 heavy (non-hydrogen) atoms. The molecule has 1 heterocycles. The fourth-order valence-electron chi connectivity index (χ4n) is 2.98. The van der Waals surface area contributed by atoms with Gasteiger partial charge >= 0.3 is 0 Å². The van der Waals surface area contributed by atoms with E-state index in [0.29, 0.717) is 11.6 Å². The number of hydrogen-bond acceptors (Lipinski definition) is 4. The predicted octanol–water partition coefficient (Wildman–Crippen LogP) is 4.24. The van der Waals surface area contributed by atoms with Crippen molar-refractivity contribution in [2.24, 2.45) is 0 Å². The van der Waals surface area contributed by atoms with Crippen LogP contribution in [0.2, 0.25) is 15.1 Å². The number of benzene rings is 2. The van der Waals surface area contributed by atoms with Crippen molar-refractivity contribution in [1.82, 2.24) is 4.90 Å². The predicted molar refractivity (Wildman–Crippen MR) is 109 cm³/mol. The van der Waals surface area contributed by atoms with E-state index in [1.54, 1.807) is 6.07 Å². The van der Waals surface area contributed by atoms with Crippen molar-refractivity contribution in [1.29, 1.82) is 0 Å². The maximum atomic E-state index is 12.6. The van der Waals surface area contributed by atoms with Crippen molar-refractivity contribution in [2.75, 3.05) is 43.4 Å². The molecule has 1 aliphatic heterocycles. The summed E-state index contributed by atoms with van der Waals surface area (Å²) in [7, 11) is -3.47. The highest BCUT2D eigenvalue weighted by atomic mass is 35.5. The average molecular weight is 434 g/mol. The Morgan fingerprint density at radius 2 is 1.58 bits per heavy atom. The molecular weight excluding hydrogens is 415 g/mol. The molecule has 0 atom stereocenters. The van der Waals surface area contributed by atoms with Crippen LogP contribution >= 0.6 is 34.8 Å². The van der Waals surface area contributed by atoms with Crippen LogP contribution in [0.25, 0.3) is 0 Å². The van der Waals surface area contributed by atoms with Crippen LogP contribution in [0.1, 0.15) is 0 Å². The third kappa shape index (κ3) is 4.84. The molecular formula is C18H19Cl3N2O2S. The largest absolute Gasteiger partial charge is 0.369 e. The smallest absolute Gasteiger partial charge is 0.181 e. The van der Waals surface area contributed by atoms with E-state index in [4.69, 9.17) is 34.8 Å². The molecule has 8 heteroatoms. The second kappa shape index (κ2) is 8.36. The van der Waals surface area contributed by atoms with Crippen LogP contribution in [-0.4, -0.2) is 51.8 Å². The zero-order valence-corrected chi connectivity index (χ0v) is 17.1. The summed E-state index contributed by atoms with van der Waals surface area (Å²) in [6, 6.07) is 12.3. The molecule has 0 aromatic heterocycles. The molecule has 2 aromatic rings. The lowest BCUT2D eigenvalue weighted by molar-refractivity contribution is 0.272. The van der Waals surface area contributed by atoms with Gasteiger partial charge in [0.1, 0.15) is 0 Å². The average Bonchev–Trinajstić information content (AvgIpc) is 2.62. The highest BCUT2D eigenvalue weighted by molar-refractivity contribution is 7.91. The molecule has 1 saturated heterocycles. The maximum Gasteiger partial charge on any atom is 0.181 e. The molecule has 4 nitrogen and oxygen atoms in total. The minimum atomic E-state index is -3.47. The van der Waals surface area contributed by atoms with Gasteiger partial charge in [0.05, 0.1) is 15.7 Å². The Kier molecular flexibility index (Phi) is 6.36. The van der Waals surface area contributed by atoms with E-state index < -0.39 is 9.84 Å². The lowest BCUT2D eigenvalue weighted by Gasteiger charge is -2.36. The number of halogens is 3. The SMILES string of the molecule is O=S(=O)(CCN1CCN(c2cccc(Cl)c2)CC1)c1cc(Cl)ccc1Cl. The zero-order chi connectivity index (χ0) is 18.7. The van der Waals surface area contributed by atoms with Crippen molar-refractivity contribution in [3.8, 4) is 0 Å². The lowest BCUT2D eigenvalue weighted by Crippen LogP contribution is -2.47. The molecule has 0 unspecified atom stereocenters. The zero-order valence-electron chi connectivity index (χ0n) is 14.0. The monoisotopic (exact) mass is 432 g/mol. The minimum Gasteiger partial charge on any atom is -0.369 e. The summed E-state index contributed by atoms with van der Waals surface area (Å²) in [6.07, 6.45) is 0. The van der Waals surface area contributed by atoms with Gasteiger partial charge in [-0.3, -0.25) is 4.90 Å². The summed E-state index contributed by atoms with van der Waals surface area (Å²) in [5.74, 6) is 0.0181. The highest BCUT2D eigenvalue weighted by Gasteiger charge is 2.22. The first-order chi connectivity index (χ1) is 12.3. The van der Waals surface area contributed by atoms with Crippen molar-refractivity contribution < 1.29 is 8.42 Å². The van der Waals surface area contributed by atoms with Gasteiger partial charge in [-0.2, -0.15) is 0 Å². The molecule has 0 spiro atoms. The second-order valence-electron chi connectivity index (χ2n) is 6.20. The summed E-state index contributed by atoms with van der Waals surface area (Å²) in [5, 5.41) is 1.29. The Morgan fingerprint density at radius 3 is 2.27 bits per heavy atom. The molecule has 0 bridgehead atoms. The van der Waals surface area contributed by atoms with Crippen molar-refractivity contribution in [2.45, 2.75) is 4.90 Å². The fourth-order valence-corrected chi connectivity index (χ4v) is 5.26. The first kappa shape index (κ1) is 19.8. The van der Waals surface area contributed by atoms with E-state index in [2.05, 4.69) is 9.80 Å². The summed E-state index contributed by atoms with van der Waals surface area (Å²) in [5.41, 5.74) is 1.09. The van der Waals surface area contributed by atoms with Crippen molar-refractivity contribution in [3.63, 3.8) is 0 Å². The van der Waals surface area contributed by atoms with Crippen LogP contribution in [0.15, 0.2) is 47.4 Å². The van der Waals surface area contributed by atoms with E-state index in [9.17, 15) is 8.42 Å². The topological polar surface area (TPSA) is 40.6 Å². The molecule has 0 amide bonds. The normalized spacial score (nSPS) is 16.0. The Morgan fingerprint density at radius 1 is 0.885 bits per heavy atom. The van der Waals surface area contributed by atoms with Crippen LogP contribution in [0.3, 0.4) is 0 Å². The van der Waals surface area contributed by atoms with Gasteiger partial charge in [-0.25, -0.2) is 8.42 Å². The molecule has 3 rings (SSSR count). The Balaban J connectivity index is 1.57.